The summed E-state index contributed by atoms with van der Waals surface area (Å²) >= 11 is 0. The Morgan fingerprint density at radius 1 is 0.938 bits per heavy atom. The average Bonchev–Trinajstić information content (AvgIpc) is 2.30. The summed E-state index contributed by atoms with van der Waals surface area (Å²) in [5.74, 6) is 0. The SMILES string of the molecule is NCCCC1CN(CCN)CCN1CCN. The van der Waals surface area contributed by atoms with Crippen molar-refractivity contribution >= 4 is 0 Å². The van der Waals surface area contributed by atoms with Crippen molar-refractivity contribution in [1.82, 2.24) is 9.80 Å². The second-order valence-electron chi connectivity index (χ2n) is 4.50. The van der Waals surface area contributed by atoms with Crippen LogP contribution in [-0.4, -0.2) is 68.2 Å². The molecule has 0 aliphatic carbocycles. The van der Waals surface area contributed by atoms with E-state index in [0.717, 1.165) is 58.8 Å². The zero-order valence-electron chi connectivity index (χ0n) is 10.3. The van der Waals surface area contributed by atoms with Crippen LogP contribution in [0.3, 0.4) is 0 Å². The van der Waals surface area contributed by atoms with E-state index >= 15 is 0 Å². The van der Waals surface area contributed by atoms with Gasteiger partial charge in [-0.1, -0.05) is 0 Å². The molecule has 0 aromatic carbocycles. The van der Waals surface area contributed by atoms with Crippen LogP contribution in [-0.2, 0) is 0 Å². The molecule has 1 heterocycles. The molecule has 0 bridgehead atoms. The van der Waals surface area contributed by atoms with Crippen LogP contribution in [0.5, 0.6) is 0 Å². The quantitative estimate of drug-likeness (QED) is 0.501. The van der Waals surface area contributed by atoms with Gasteiger partial charge in [-0.15, -0.1) is 0 Å². The average molecular weight is 229 g/mol. The summed E-state index contributed by atoms with van der Waals surface area (Å²) in [6.45, 7) is 7.65. The molecule has 5 heteroatoms. The van der Waals surface area contributed by atoms with Crippen LogP contribution in [0.15, 0.2) is 0 Å². The smallest absolute Gasteiger partial charge is 0.0224 e. The monoisotopic (exact) mass is 229 g/mol. The Labute approximate surface area is 98.9 Å². The summed E-state index contributed by atoms with van der Waals surface area (Å²) < 4.78 is 0. The third-order valence-electron chi connectivity index (χ3n) is 3.29. The van der Waals surface area contributed by atoms with Gasteiger partial charge in [-0.3, -0.25) is 9.80 Å². The van der Waals surface area contributed by atoms with Gasteiger partial charge in [0.2, 0.25) is 0 Å². The highest BCUT2D eigenvalue weighted by Gasteiger charge is 2.25. The van der Waals surface area contributed by atoms with Crippen molar-refractivity contribution < 1.29 is 0 Å². The molecule has 1 rings (SSSR count). The van der Waals surface area contributed by atoms with Crippen molar-refractivity contribution in [2.45, 2.75) is 18.9 Å². The van der Waals surface area contributed by atoms with Crippen LogP contribution in [0.4, 0.5) is 0 Å². The lowest BCUT2D eigenvalue weighted by molar-refractivity contribution is 0.0731. The normalized spacial score (nSPS) is 23.8. The Bertz CT molecular complexity index is 176. The summed E-state index contributed by atoms with van der Waals surface area (Å²) in [4.78, 5) is 4.96. The second kappa shape index (κ2) is 7.97. The third kappa shape index (κ3) is 4.35. The molecule has 1 aliphatic rings. The maximum Gasteiger partial charge on any atom is 0.0224 e. The summed E-state index contributed by atoms with van der Waals surface area (Å²) in [5.41, 5.74) is 16.8. The zero-order chi connectivity index (χ0) is 11.8. The number of hydrogen-bond acceptors (Lipinski definition) is 5. The lowest BCUT2D eigenvalue weighted by Crippen LogP contribution is -2.55. The molecule has 0 amide bonds. The van der Waals surface area contributed by atoms with Gasteiger partial charge >= 0.3 is 0 Å². The number of nitrogens with two attached hydrogens (primary N) is 3. The van der Waals surface area contributed by atoms with Gasteiger partial charge in [0.1, 0.15) is 0 Å². The molecule has 1 unspecified atom stereocenters. The van der Waals surface area contributed by atoms with E-state index in [9.17, 15) is 0 Å². The fourth-order valence-corrected chi connectivity index (χ4v) is 2.43. The van der Waals surface area contributed by atoms with Gasteiger partial charge in [0.05, 0.1) is 0 Å². The highest BCUT2D eigenvalue weighted by molar-refractivity contribution is 4.82. The Morgan fingerprint density at radius 2 is 1.69 bits per heavy atom. The van der Waals surface area contributed by atoms with Crippen LogP contribution in [0.1, 0.15) is 12.8 Å². The minimum absolute atomic E-state index is 0.618. The van der Waals surface area contributed by atoms with E-state index < -0.39 is 0 Å². The van der Waals surface area contributed by atoms with Gasteiger partial charge in [-0.2, -0.15) is 0 Å². The fraction of sp³-hybridized carbons (Fsp3) is 1.00. The molecule has 0 radical (unpaired) electrons. The van der Waals surface area contributed by atoms with Crippen molar-refractivity contribution in [1.29, 1.82) is 0 Å². The molecule has 1 aliphatic heterocycles. The van der Waals surface area contributed by atoms with Crippen molar-refractivity contribution in [3.05, 3.63) is 0 Å². The molecule has 1 saturated heterocycles. The van der Waals surface area contributed by atoms with Gasteiger partial charge in [0.15, 0.2) is 0 Å². The van der Waals surface area contributed by atoms with Gasteiger partial charge in [0, 0.05) is 51.9 Å². The minimum atomic E-state index is 0.618. The first kappa shape index (κ1) is 13.9. The van der Waals surface area contributed by atoms with Crippen molar-refractivity contribution in [3.63, 3.8) is 0 Å². The minimum Gasteiger partial charge on any atom is -0.330 e. The van der Waals surface area contributed by atoms with E-state index in [1.54, 1.807) is 0 Å². The molecule has 16 heavy (non-hydrogen) atoms. The van der Waals surface area contributed by atoms with Crippen LogP contribution < -0.4 is 17.2 Å². The molecule has 0 aromatic rings. The van der Waals surface area contributed by atoms with E-state index in [1.807, 2.05) is 0 Å². The van der Waals surface area contributed by atoms with Crippen LogP contribution in [0, 0.1) is 0 Å². The van der Waals surface area contributed by atoms with Gasteiger partial charge in [0.25, 0.3) is 0 Å². The number of rotatable bonds is 7. The van der Waals surface area contributed by atoms with E-state index in [4.69, 9.17) is 17.2 Å². The highest BCUT2D eigenvalue weighted by atomic mass is 15.3. The lowest BCUT2D eigenvalue weighted by atomic mass is 10.1. The Morgan fingerprint density at radius 3 is 2.31 bits per heavy atom. The molecule has 1 atom stereocenters. The molecule has 0 saturated carbocycles. The Balaban J connectivity index is 2.40. The highest BCUT2D eigenvalue weighted by Crippen LogP contribution is 2.13. The summed E-state index contributed by atoms with van der Waals surface area (Å²) in [6.07, 6.45) is 2.28. The molecule has 1 fully saturated rings. The largest absolute Gasteiger partial charge is 0.330 e. The van der Waals surface area contributed by atoms with Gasteiger partial charge in [-0.25, -0.2) is 0 Å². The predicted octanol–water partition coefficient (Wildman–Crippen LogP) is -1.37. The third-order valence-corrected chi connectivity index (χ3v) is 3.29. The van der Waals surface area contributed by atoms with E-state index in [2.05, 4.69) is 9.80 Å². The van der Waals surface area contributed by atoms with E-state index in [-0.39, 0.29) is 0 Å². The maximum atomic E-state index is 5.64. The standard InChI is InChI=1S/C11H27N5/c12-3-1-2-11-10-15(6-4-13)8-9-16(11)7-5-14/h11H,1-10,12-14H2. The van der Waals surface area contributed by atoms with Crippen molar-refractivity contribution in [3.8, 4) is 0 Å². The molecular weight excluding hydrogens is 202 g/mol. The first-order chi connectivity index (χ1) is 7.81. The molecule has 96 valence electrons. The van der Waals surface area contributed by atoms with Gasteiger partial charge in [-0.05, 0) is 19.4 Å². The maximum absolute atomic E-state index is 5.64. The van der Waals surface area contributed by atoms with Crippen molar-refractivity contribution in [2.24, 2.45) is 17.2 Å². The van der Waals surface area contributed by atoms with Crippen LogP contribution >= 0.6 is 0 Å². The number of nitrogens with zero attached hydrogens (tertiary/aromatic N) is 2. The molecule has 5 nitrogen and oxygen atoms in total. The first-order valence-corrected chi connectivity index (χ1v) is 6.38. The Kier molecular flexibility index (Phi) is 6.91. The zero-order valence-corrected chi connectivity index (χ0v) is 10.3. The Hall–Kier alpha value is -0.200. The second-order valence-corrected chi connectivity index (χ2v) is 4.50. The first-order valence-electron chi connectivity index (χ1n) is 6.38. The van der Waals surface area contributed by atoms with Crippen molar-refractivity contribution in [2.75, 3.05) is 52.4 Å². The van der Waals surface area contributed by atoms with Gasteiger partial charge < -0.3 is 17.2 Å². The molecule has 6 N–H and O–H groups in total. The van der Waals surface area contributed by atoms with E-state index in [0.29, 0.717) is 6.04 Å². The molecule has 0 aromatic heterocycles. The summed E-state index contributed by atoms with van der Waals surface area (Å²) in [7, 11) is 0. The molecular formula is C11H27N5. The summed E-state index contributed by atoms with van der Waals surface area (Å²) in [6, 6.07) is 0.618. The van der Waals surface area contributed by atoms with Crippen LogP contribution in [0.25, 0.3) is 0 Å². The topological polar surface area (TPSA) is 84.5 Å². The number of piperazine rings is 1. The predicted molar refractivity (Wildman–Crippen MR) is 68.2 cm³/mol. The molecule has 0 spiro atoms. The lowest BCUT2D eigenvalue weighted by Gasteiger charge is -2.41. The number of hydrogen-bond donors (Lipinski definition) is 3. The summed E-state index contributed by atoms with van der Waals surface area (Å²) in [5, 5.41) is 0. The fourth-order valence-electron chi connectivity index (χ4n) is 2.43. The van der Waals surface area contributed by atoms with Crippen LogP contribution in [0.2, 0.25) is 0 Å². The van der Waals surface area contributed by atoms with E-state index in [1.165, 1.54) is 6.42 Å².